The minimum atomic E-state index is 0.240. The summed E-state index contributed by atoms with van der Waals surface area (Å²) in [6.07, 6.45) is 1.19. The fraction of sp³-hybridized carbons (Fsp3) is 0.600. The molecule has 108 valence electrons. The van der Waals surface area contributed by atoms with E-state index in [0.29, 0.717) is 12.5 Å². The third-order valence-corrected chi connectivity index (χ3v) is 4.87. The quantitative estimate of drug-likeness (QED) is 0.788. The Morgan fingerprint density at radius 1 is 1.37 bits per heavy atom. The van der Waals surface area contributed by atoms with Crippen molar-refractivity contribution in [1.82, 2.24) is 4.90 Å². The molecular weight excluding hydrogens is 324 g/mol. The molecule has 0 aromatic heterocycles. The van der Waals surface area contributed by atoms with Crippen molar-refractivity contribution in [1.29, 1.82) is 0 Å². The maximum absolute atomic E-state index is 6.19. The second-order valence-electron chi connectivity index (χ2n) is 5.03. The van der Waals surface area contributed by atoms with Crippen LogP contribution in [0.3, 0.4) is 0 Å². The van der Waals surface area contributed by atoms with Crippen LogP contribution in [0, 0.1) is 5.92 Å². The van der Waals surface area contributed by atoms with Gasteiger partial charge in [0.05, 0.1) is 5.02 Å². The topological polar surface area (TPSA) is 29.3 Å². The van der Waals surface area contributed by atoms with Crippen molar-refractivity contribution in [2.24, 2.45) is 11.7 Å². The lowest BCUT2D eigenvalue weighted by atomic mass is 10.0. The molecule has 0 aliphatic rings. The molecule has 2 unspecified atom stereocenters. The summed E-state index contributed by atoms with van der Waals surface area (Å²) in [5.74, 6) is 0.680. The van der Waals surface area contributed by atoms with E-state index in [-0.39, 0.29) is 6.04 Å². The Morgan fingerprint density at radius 2 is 2.05 bits per heavy atom. The normalized spacial score (nSPS) is 14.7. The molecule has 0 amide bonds. The van der Waals surface area contributed by atoms with Crippen LogP contribution in [0.25, 0.3) is 0 Å². The Morgan fingerprint density at radius 3 is 2.53 bits per heavy atom. The maximum atomic E-state index is 6.19. The molecule has 0 spiro atoms. The van der Waals surface area contributed by atoms with Crippen LogP contribution in [0.5, 0.6) is 0 Å². The molecule has 0 heterocycles. The zero-order valence-corrected chi connectivity index (χ0v) is 14.3. The SMILES string of the molecule is CCC(C)CN(CC)C(CN)c1ccc(Br)c(Cl)c1. The van der Waals surface area contributed by atoms with Gasteiger partial charge in [-0.05, 0) is 46.1 Å². The molecule has 2 N–H and O–H groups in total. The Bertz CT molecular complexity index is 398. The summed E-state index contributed by atoms with van der Waals surface area (Å²) in [5.41, 5.74) is 7.19. The van der Waals surface area contributed by atoms with E-state index in [0.717, 1.165) is 22.6 Å². The second-order valence-corrected chi connectivity index (χ2v) is 6.29. The molecule has 2 atom stereocenters. The highest BCUT2D eigenvalue weighted by molar-refractivity contribution is 9.10. The van der Waals surface area contributed by atoms with E-state index in [1.54, 1.807) is 0 Å². The molecule has 0 fully saturated rings. The average molecular weight is 348 g/mol. The maximum Gasteiger partial charge on any atom is 0.0551 e. The zero-order valence-electron chi connectivity index (χ0n) is 12.0. The number of rotatable bonds is 7. The Balaban J connectivity index is 2.93. The fourth-order valence-electron chi connectivity index (χ4n) is 2.22. The van der Waals surface area contributed by atoms with Crippen molar-refractivity contribution in [3.05, 3.63) is 33.3 Å². The number of hydrogen-bond donors (Lipinski definition) is 1. The fourth-order valence-corrected chi connectivity index (χ4v) is 2.66. The van der Waals surface area contributed by atoms with Gasteiger partial charge in [0.2, 0.25) is 0 Å². The highest BCUT2D eigenvalue weighted by atomic mass is 79.9. The number of nitrogens with two attached hydrogens (primary N) is 1. The summed E-state index contributed by atoms with van der Waals surface area (Å²) in [5, 5.41) is 0.746. The monoisotopic (exact) mass is 346 g/mol. The molecule has 0 bridgehead atoms. The van der Waals surface area contributed by atoms with Crippen molar-refractivity contribution in [2.45, 2.75) is 33.2 Å². The van der Waals surface area contributed by atoms with Gasteiger partial charge in [0.25, 0.3) is 0 Å². The first kappa shape index (κ1) is 17.0. The van der Waals surface area contributed by atoms with Crippen molar-refractivity contribution in [3.63, 3.8) is 0 Å². The van der Waals surface area contributed by atoms with Gasteiger partial charge in [-0.15, -0.1) is 0 Å². The van der Waals surface area contributed by atoms with Gasteiger partial charge in [-0.1, -0.05) is 44.9 Å². The first-order chi connectivity index (χ1) is 9.03. The molecule has 0 saturated heterocycles. The Kier molecular flexibility index (Phi) is 7.37. The summed E-state index contributed by atoms with van der Waals surface area (Å²) in [6, 6.07) is 6.36. The van der Waals surface area contributed by atoms with E-state index in [1.807, 2.05) is 12.1 Å². The van der Waals surface area contributed by atoms with E-state index < -0.39 is 0 Å². The molecule has 1 rings (SSSR count). The van der Waals surface area contributed by atoms with Crippen LogP contribution in [-0.4, -0.2) is 24.5 Å². The lowest BCUT2D eigenvalue weighted by Gasteiger charge is -2.32. The van der Waals surface area contributed by atoms with Crippen LogP contribution in [0.4, 0.5) is 0 Å². The predicted octanol–water partition coefficient (Wildman–Crippen LogP) is 4.47. The van der Waals surface area contributed by atoms with Crippen molar-refractivity contribution in [3.8, 4) is 0 Å². The van der Waals surface area contributed by atoms with Gasteiger partial charge in [-0.3, -0.25) is 4.90 Å². The Hall–Kier alpha value is -0.0900. The summed E-state index contributed by atoms with van der Waals surface area (Å²) >= 11 is 9.62. The summed E-state index contributed by atoms with van der Waals surface area (Å²) in [4.78, 5) is 2.44. The minimum absolute atomic E-state index is 0.240. The molecule has 1 aromatic rings. The third-order valence-electron chi connectivity index (χ3n) is 3.64. The number of likely N-dealkylation sites (N-methyl/N-ethyl adjacent to an activating group) is 1. The van der Waals surface area contributed by atoms with E-state index >= 15 is 0 Å². The summed E-state index contributed by atoms with van der Waals surface area (Å²) < 4.78 is 0.929. The van der Waals surface area contributed by atoms with Gasteiger partial charge in [-0.25, -0.2) is 0 Å². The molecule has 0 saturated carbocycles. The average Bonchev–Trinajstić information content (AvgIpc) is 2.41. The summed E-state index contributed by atoms with van der Waals surface area (Å²) in [6.45, 7) is 9.38. The van der Waals surface area contributed by atoms with Gasteiger partial charge in [0, 0.05) is 23.6 Å². The van der Waals surface area contributed by atoms with E-state index in [9.17, 15) is 0 Å². The number of hydrogen-bond acceptors (Lipinski definition) is 2. The molecule has 0 aliphatic heterocycles. The van der Waals surface area contributed by atoms with Gasteiger partial charge in [-0.2, -0.15) is 0 Å². The van der Waals surface area contributed by atoms with Crippen molar-refractivity contribution >= 4 is 27.5 Å². The smallest absolute Gasteiger partial charge is 0.0551 e. The van der Waals surface area contributed by atoms with Crippen LogP contribution < -0.4 is 5.73 Å². The van der Waals surface area contributed by atoms with Crippen LogP contribution >= 0.6 is 27.5 Å². The first-order valence-electron chi connectivity index (χ1n) is 6.92. The van der Waals surface area contributed by atoms with Gasteiger partial charge >= 0.3 is 0 Å². The first-order valence-corrected chi connectivity index (χ1v) is 8.09. The largest absolute Gasteiger partial charge is 0.329 e. The van der Waals surface area contributed by atoms with E-state index in [4.69, 9.17) is 17.3 Å². The van der Waals surface area contributed by atoms with Crippen LogP contribution in [0.2, 0.25) is 5.02 Å². The highest BCUT2D eigenvalue weighted by Crippen LogP contribution is 2.28. The third kappa shape index (κ3) is 4.75. The van der Waals surface area contributed by atoms with Crippen molar-refractivity contribution < 1.29 is 0 Å². The standard InChI is InChI=1S/C15H24BrClN2/c1-4-11(3)10-19(5-2)15(9-18)12-6-7-13(16)14(17)8-12/h6-8,11,15H,4-5,9-10,18H2,1-3H3. The highest BCUT2D eigenvalue weighted by Gasteiger charge is 2.19. The molecule has 4 heteroatoms. The van der Waals surface area contributed by atoms with Crippen molar-refractivity contribution in [2.75, 3.05) is 19.6 Å². The molecule has 0 radical (unpaired) electrons. The zero-order chi connectivity index (χ0) is 14.4. The molecular formula is C15H24BrClN2. The van der Waals surface area contributed by atoms with Gasteiger partial charge < -0.3 is 5.73 Å². The summed E-state index contributed by atoms with van der Waals surface area (Å²) in [7, 11) is 0. The predicted molar refractivity (Wildman–Crippen MR) is 87.6 cm³/mol. The van der Waals surface area contributed by atoms with Crippen LogP contribution in [-0.2, 0) is 0 Å². The number of halogens is 2. The minimum Gasteiger partial charge on any atom is -0.329 e. The number of benzene rings is 1. The van der Waals surface area contributed by atoms with Gasteiger partial charge in [0.15, 0.2) is 0 Å². The molecule has 2 nitrogen and oxygen atoms in total. The van der Waals surface area contributed by atoms with E-state index in [2.05, 4.69) is 47.7 Å². The second kappa shape index (κ2) is 8.25. The van der Waals surface area contributed by atoms with E-state index in [1.165, 1.54) is 12.0 Å². The number of nitrogens with zero attached hydrogens (tertiary/aromatic N) is 1. The van der Waals surface area contributed by atoms with Crippen LogP contribution in [0.15, 0.2) is 22.7 Å². The molecule has 19 heavy (non-hydrogen) atoms. The Labute approximate surface area is 130 Å². The lowest BCUT2D eigenvalue weighted by Crippen LogP contribution is -2.36. The lowest BCUT2D eigenvalue weighted by molar-refractivity contribution is 0.182. The van der Waals surface area contributed by atoms with Gasteiger partial charge in [0.1, 0.15) is 0 Å². The van der Waals surface area contributed by atoms with Crippen LogP contribution in [0.1, 0.15) is 38.8 Å². The molecule has 0 aliphatic carbocycles. The molecule has 1 aromatic carbocycles.